The number of nitrogens with one attached hydrogen (secondary N) is 1. The molecule has 1 aromatic rings. The van der Waals surface area contributed by atoms with Crippen molar-refractivity contribution in [1.82, 2.24) is 0 Å². The second kappa shape index (κ2) is 6.25. The van der Waals surface area contributed by atoms with Crippen LogP contribution in [0.1, 0.15) is 24.5 Å². The van der Waals surface area contributed by atoms with Crippen molar-refractivity contribution >= 4 is 11.5 Å². The lowest BCUT2D eigenvalue weighted by atomic mass is 10.1. The van der Waals surface area contributed by atoms with Gasteiger partial charge in [0.2, 0.25) is 0 Å². The van der Waals surface area contributed by atoms with Gasteiger partial charge in [-0.05, 0) is 44.0 Å². The van der Waals surface area contributed by atoms with Crippen LogP contribution in [0.2, 0.25) is 0 Å². The molecule has 0 atom stereocenters. The Morgan fingerprint density at radius 3 is 2.65 bits per heavy atom. The number of aryl methyl sites for hydroxylation is 1. The molecule has 0 amide bonds. The highest BCUT2D eigenvalue weighted by atomic mass is 16.3. The van der Waals surface area contributed by atoms with Gasteiger partial charge in [-0.1, -0.05) is 0 Å². The van der Waals surface area contributed by atoms with E-state index < -0.39 is 0 Å². The molecule has 0 saturated heterocycles. The summed E-state index contributed by atoms with van der Waals surface area (Å²) in [6.07, 6.45) is 0.765. The number of aliphatic hydroxyl groups excluding tert-OH is 1. The second-order valence-electron chi connectivity index (χ2n) is 4.07. The monoisotopic (exact) mass is 235 g/mol. The fourth-order valence-corrected chi connectivity index (χ4v) is 1.88. The van der Waals surface area contributed by atoms with E-state index in [1.54, 1.807) is 0 Å². The molecule has 0 aliphatic carbocycles. The van der Waals surface area contributed by atoms with Crippen LogP contribution in [-0.4, -0.2) is 30.6 Å². The van der Waals surface area contributed by atoms with Crippen molar-refractivity contribution in [2.45, 2.75) is 20.3 Å². The van der Waals surface area contributed by atoms with Crippen molar-refractivity contribution < 1.29 is 5.11 Å². The number of aliphatic hydroxyl groups is 1. The van der Waals surface area contributed by atoms with Crippen molar-refractivity contribution in [3.05, 3.63) is 29.3 Å². The highest BCUT2D eigenvalue weighted by molar-refractivity contribution is 5.96. The molecule has 0 aromatic heterocycles. The van der Waals surface area contributed by atoms with E-state index in [9.17, 15) is 0 Å². The lowest BCUT2D eigenvalue weighted by molar-refractivity contribution is 0.289. The molecular formula is C13H21N3O. The van der Waals surface area contributed by atoms with Crippen LogP contribution in [-0.2, 0) is 0 Å². The molecule has 4 N–H and O–H groups in total. The summed E-state index contributed by atoms with van der Waals surface area (Å²) in [4.78, 5) is 2.20. The van der Waals surface area contributed by atoms with Gasteiger partial charge in [0.25, 0.3) is 0 Å². The maximum atomic E-state index is 8.86. The van der Waals surface area contributed by atoms with Crippen molar-refractivity contribution in [3.63, 3.8) is 0 Å². The van der Waals surface area contributed by atoms with Crippen molar-refractivity contribution in [2.24, 2.45) is 5.73 Å². The van der Waals surface area contributed by atoms with Gasteiger partial charge in [-0.2, -0.15) is 0 Å². The average Bonchev–Trinajstić information content (AvgIpc) is 2.29. The van der Waals surface area contributed by atoms with Crippen molar-refractivity contribution in [2.75, 3.05) is 24.6 Å². The van der Waals surface area contributed by atoms with Crippen LogP contribution in [0.3, 0.4) is 0 Å². The van der Waals surface area contributed by atoms with E-state index in [1.165, 1.54) is 0 Å². The quantitative estimate of drug-likeness (QED) is 0.516. The van der Waals surface area contributed by atoms with Gasteiger partial charge in [-0.15, -0.1) is 0 Å². The first-order chi connectivity index (χ1) is 8.10. The summed E-state index contributed by atoms with van der Waals surface area (Å²) < 4.78 is 0. The third kappa shape index (κ3) is 3.46. The first kappa shape index (κ1) is 13.5. The Hall–Kier alpha value is -1.55. The Morgan fingerprint density at radius 1 is 1.47 bits per heavy atom. The minimum Gasteiger partial charge on any atom is -0.396 e. The topological polar surface area (TPSA) is 73.3 Å². The number of hydrogen-bond donors (Lipinski definition) is 3. The van der Waals surface area contributed by atoms with E-state index in [0.29, 0.717) is 0 Å². The number of nitrogens with zero attached hydrogens (tertiary/aromatic N) is 1. The van der Waals surface area contributed by atoms with Gasteiger partial charge in [-0.25, -0.2) is 0 Å². The van der Waals surface area contributed by atoms with Crippen LogP contribution in [0, 0.1) is 12.3 Å². The zero-order valence-corrected chi connectivity index (χ0v) is 10.5. The van der Waals surface area contributed by atoms with Crippen LogP contribution in [0.25, 0.3) is 0 Å². The van der Waals surface area contributed by atoms with E-state index in [0.717, 1.165) is 36.3 Å². The number of nitrogens with two attached hydrogens (primary N) is 1. The summed E-state index contributed by atoms with van der Waals surface area (Å²) in [6.45, 7) is 6.00. The molecule has 0 unspecified atom stereocenters. The number of benzene rings is 1. The van der Waals surface area contributed by atoms with E-state index in [-0.39, 0.29) is 12.4 Å². The van der Waals surface area contributed by atoms with Gasteiger partial charge >= 0.3 is 0 Å². The van der Waals surface area contributed by atoms with Crippen molar-refractivity contribution in [3.8, 4) is 0 Å². The molecule has 1 rings (SSSR count). The molecular weight excluding hydrogens is 214 g/mol. The van der Waals surface area contributed by atoms with Gasteiger partial charge in [0.15, 0.2) is 0 Å². The number of hydrogen-bond acceptors (Lipinski definition) is 3. The van der Waals surface area contributed by atoms with E-state index >= 15 is 0 Å². The van der Waals surface area contributed by atoms with Gasteiger partial charge in [0, 0.05) is 30.9 Å². The molecule has 0 aliphatic heterocycles. The highest BCUT2D eigenvalue weighted by Gasteiger charge is 2.07. The Balaban J connectivity index is 2.90. The standard InChI is InChI=1S/C13H21N3O/c1-3-16(7-4-8-17)11-5-6-12(13(14)15)10(2)9-11/h5-6,9,17H,3-4,7-8H2,1-2H3,(H3,14,15). The van der Waals surface area contributed by atoms with Crippen LogP contribution in [0.4, 0.5) is 5.69 Å². The molecule has 94 valence electrons. The fourth-order valence-electron chi connectivity index (χ4n) is 1.88. The molecule has 1 aromatic carbocycles. The molecule has 0 saturated carbocycles. The molecule has 0 spiro atoms. The Morgan fingerprint density at radius 2 is 2.18 bits per heavy atom. The Labute approximate surface area is 103 Å². The normalized spacial score (nSPS) is 10.3. The van der Waals surface area contributed by atoms with Crippen LogP contribution < -0.4 is 10.6 Å². The lowest BCUT2D eigenvalue weighted by Gasteiger charge is -2.23. The maximum Gasteiger partial charge on any atom is 0.123 e. The van der Waals surface area contributed by atoms with Crippen LogP contribution in [0.5, 0.6) is 0 Å². The van der Waals surface area contributed by atoms with E-state index in [2.05, 4.69) is 11.8 Å². The molecule has 17 heavy (non-hydrogen) atoms. The predicted molar refractivity (Wildman–Crippen MR) is 71.8 cm³/mol. The number of amidine groups is 1. The predicted octanol–water partition coefficient (Wildman–Crippen LogP) is 1.49. The highest BCUT2D eigenvalue weighted by Crippen LogP contribution is 2.19. The third-order valence-corrected chi connectivity index (χ3v) is 2.83. The first-order valence-electron chi connectivity index (χ1n) is 5.91. The molecule has 0 bridgehead atoms. The molecule has 0 fully saturated rings. The number of anilines is 1. The van der Waals surface area contributed by atoms with Gasteiger partial charge < -0.3 is 15.7 Å². The lowest BCUT2D eigenvalue weighted by Crippen LogP contribution is -2.25. The molecule has 0 aliphatic rings. The van der Waals surface area contributed by atoms with Crippen molar-refractivity contribution in [1.29, 1.82) is 5.41 Å². The van der Waals surface area contributed by atoms with Gasteiger partial charge in [0.1, 0.15) is 5.84 Å². The zero-order chi connectivity index (χ0) is 12.8. The Kier molecular flexibility index (Phi) is 4.97. The Bertz CT molecular complexity index is 390. The maximum absolute atomic E-state index is 8.86. The molecule has 0 radical (unpaired) electrons. The third-order valence-electron chi connectivity index (χ3n) is 2.83. The summed E-state index contributed by atoms with van der Waals surface area (Å²) >= 11 is 0. The summed E-state index contributed by atoms with van der Waals surface area (Å²) in [6, 6.07) is 5.90. The molecule has 4 heteroatoms. The SMILES string of the molecule is CCN(CCCO)c1ccc(C(=N)N)c(C)c1. The second-order valence-corrected chi connectivity index (χ2v) is 4.07. The summed E-state index contributed by atoms with van der Waals surface area (Å²) in [5.41, 5.74) is 8.40. The summed E-state index contributed by atoms with van der Waals surface area (Å²) in [7, 11) is 0. The fraction of sp³-hybridized carbons (Fsp3) is 0.462. The first-order valence-corrected chi connectivity index (χ1v) is 5.91. The molecule has 4 nitrogen and oxygen atoms in total. The molecule has 0 heterocycles. The average molecular weight is 235 g/mol. The zero-order valence-electron chi connectivity index (χ0n) is 10.5. The minimum atomic E-state index is 0.104. The van der Waals surface area contributed by atoms with Gasteiger partial charge in [-0.3, -0.25) is 5.41 Å². The summed E-state index contributed by atoms with van der Waals surface area (Å²) in [5, 5.41) is 16.3. The number of rotatable bonds is 6. The number of nitrogen functional groups attached to an aromatic ring is 1. The van der Waals surface area contributed by atoms with E-state index in [4.69, 9.17) is 16.2 Å². The van der Waals surface area contributed by atoms with E-state index in [1.807, 2.05) is 25.1 Å². The van der Waals surface area contributed by atoms with Gasteiger partial charge in [0.05, 0.1) is 0 Å². The summed E-state index contributed by atoms with van der Waals surface area (Å²) in [5.74, 6) is 0.104. The minimum absolute atomic E-state index is 0.104. The van der Waals surface area contributed by atoms with Crippen LogP contribution >= 0.6 is 0 Å². The largest absolute Gasteiger partial charge is 0.396 e. The smallest absolute Gasteiger partial charge is 0.123 e. The van der Waals surface area contributed by atoms with Crippen LogP contribution in [0.15, 0.2) is 18.2 Å².